The van der Waals surface area contributed by atoms with Crippen LogP contribution in [0.25, 0.3) is 0 Å². The van der Waals surface area contributed by atoms with Crippen molar-refractivity contribution in [3.63, 3.8) is 0 Å². The fourth-order valence-corrected chi connectivity index (χ4v) is 4.27. The highest BCUT2D eigenvalue weighted by atomic mass is 32.2. The SMILES string of the molecule is Cc1cccc(NS(=O)(=O)c2ccc(C(=O)NC3CCCCC3)cc2)c1. The minimum absolute atomic E-state index is 0.133. The minimum atomic E-state index is -3.68. The first-order chi connectivity index (χ1) is 12.4. The average Bonchev–Trinajstić information content (AvgIpc) is 2.62. The number of rotatable bonds is 5. The second-order valence-electron chi connectivity index (χ2n) is 6.81. The average molecular weight is 372 g/mol. The van der Waals surface area contributed by atoms with Crippen molar-refractivity contribution in [2.75, 3.05) is 4.72 Å². The molecule has 0 heterocycles. The Morgan fingerprint density at radius 3 is 2.35 bits per heavy atom. The first kappa shape index (κ1) is 18.5. The highest BCUT2D eigenvalue weighted by Crippen LogP contribution is 2.19. The number of nitrogens with one attached hydrogen (secondary N) is 2. The predicted molar refractivity (Wildman–Crippen MR) is 103 cm³/mol. The Morgan fingerprint density at radius 1 is 1.00 bits per heavy atom. The van der Waals surface area contributed by atoms with Crippen LogP contribution in [-0.2, 0) is 10.0 Å². The molecule has 1 saturated carbocycles. The standard InChI is InChI=1S/C20H24N2O3S/c1-15-6-5-9-18(14-15)22-26(24,25)19-12-10-16(11-13-19)20(23)21-17-7-3-2-4-8-17/h5-6,9-14,17,22H,2-4,7-8H2,1H3,(H,21,23). The summed E-state index contributed by atoms with van der Waals surface area (Å²) >= 11 is 0. The third-order valence-electron chi connectivity index (χ3n) is 4.64. The van der Waals surface area contributed by atoms with E-state index in [1.165, 1.54) is 18.6 Å². The molecule has 2 aromatic carbocycles. The Morgan fingerprint density at radius 2 is 1.69 bits per heavy atom. The van der Waals surface area contributed by atoms with Crippen molar-refractivity contribution in [1.29, 1.82) is 0 Å². The summed E-state index contributed by atoms with van der Waals surface area (Å²) in [5.41, 5.74) is 1.97. The van der Waals surface area contributed by atoms with Gasteiger partial charge < -0.3 is 5.32 Å². The summed E-state index contributed by atoms with van der Waals surface area (Å²) in [5.74, 6) is -0.146. The molecule has 6 heteroatoms. The van der Waals surface area contributed by atoms with Gasteiger partial charge in [-0.15, -0.1) is 0 Å². The zero-order valence-corrected chi connectivity index (χ0v) is 15.7. The molecule has 0 spiro atoms. The highest BCUT2D eigenvalue weighted by molar-refractivity contribution is 7.92. The molecule has 3 rings (SSSR count). The van der Waals surface area contributed by atoms with Gasteiger partial charge in [0.1, 0.15) is 0 Å². The minimum Gasteiger partial charge on any atom is -0.349 e. The largest absolute Gasteiger partial charge is 0.349 e. The van der Waals surface area contributed by atoms with Gasteiger partial charge in [0, 0.05) is 17.3 Å². The maximum Gasteiger partial charge on any atom is 0.261 e. The fourth-order valence-electron chi connectivity index (χ4n) is 3.22. The number of aryl methyl sites for hydroxylation is 1. The van der Waals surface area contributed by atoms with E-state index in [-0.39, 0.29) is 16.8 Å². The predicted octanol–water partition coefficient (Wildman–Crippen LogP) is 3.86. The molecule has 1 aliphatic rings. The first-order valence-corrected chi connectivity index (χ1v) is 10.4. The number of benzene rings is 2. The molecule has 1 amide bonds. The summed E-state index contributed by atoms with van der Waals surface area (Å²) in [5, 5.41) is 3.04. The van der Waals surface area contributed by atoms with Crippen LogP contribution in [0, 0.1) is 6.92 Å². The quantitative estimate of drug-likeness (QED) is 0.837. The van der Waals surface area contributed by atoms with Crippen molar-refractivity contribution in [2.45, 2.75) is 50.0 Å². The van der Waals surface area contributed by atoms with E-state index < -0.39 is 10.0 Å². The molecule has 0 aliphatic heterocycles. The van der Waals surface area contributed by atoms with Crippen LogP contribution in [0.1, 0.15) is 48.0 Å². The lowest BCUT2D eigenvalue weighted by molar-refractivity contribution is 0.0927. The molecular weight excluding hydrogens is 348 g/mol. The van der Waals surface area contributed by atoms with E-state index in [1.807, 2.05) is 13.0 Å². The van der Waals surface area contributed by atoms with Gasteiger partial charge in [-0.25, -0.2) is 8.42 Å². The van der Waals surface area contributed by atoms with E-state index in [0.717, 1.165) is 31.2 Å². The number of hydrogen-bond acceptors (Lipinski definition) is 3. The molecule has 138 valence electrons. The van der Waals surface area contributed by atoms with Crippen LogP contribution in [0.4, 0.5) is 5.69 Å². The maximum absolute atomic E-state index is 12.5. The van der Waals surface area contributed by atoms with Crippen molar-refractivity contribution < 1.29 is 13.2 Å². The van der Waals surface area contributed by atoms with Crippen LogP contribution in [0.2, 0.25) is 0 Å². The van der Waals surface area contributed by atoms with E-state index >= 15 is 0 Å². The van der Waals surface area contributed by atoms with Crippen LogP contribution < -0.4 is 10.0 Å². The lowest BCUT2D eigenvalue weighted by Gasteiger charge is -2.22. The van der Waals surface area contributed by atoms with Gasteiger partial charge in [0.25, 0.3) is 15.9 Å². The molecular formula is C20H24N2O3S. The van der Waals surface area contributed by atoms with Crippen LogP contribution in [-0.4, -0.2) is 20.4 Å². The Hall–Kier alpha value is -2.34. The number of amides is 1. The number of hydrogen-bond donors (Lipinski definition) is 2. The molecule has 0 unspecified atom stereocenters. The Kier molecular flexibility index (Phi) is 5.61. The third-order valence-corrected chi connectivity index (χ3v) is 6.03. The molecule has 0 bridgehead atoms. The van der Waals surface area contributed by atoms with Gasteiger partial charge in [0.15, 0.2) is 0 Å². The van der Waals surface area contributed by atoms with E-state index in [2.05, 4.69) is 10.0 Å². The Labute approximate surface area is 154 Å². The summed E-state index contributed by atoms with van der Waals surface area (Å²) < 4.78 is 27.6. The van der Waals surface area contributed by atoms with E-state index in [1.54, 1.807) is 30.3 Å². The van der Waals surface area contributed by atoms with Crippen LogP contribution in [0.15, 0.2) is 53.4 Å². The van der Waals surface area contributed by atoms with Gasteiger partial charge in [0.2, 0.25) is 0 Å². The van der Waals surface area contributed by atoms with Crippen LogP contribution in [0.3, 0.4) is 0 Å². The molecule has 26 heavy (non-hydrogen) atoms. The smallest absolute Gasteiger partial charge is 0.261 e. The second-order valence-corrected chi connectivity index (χ2v) is 8.49. The summed E-state index contributed by atoms with van der Waals surface area (Å²) in [7, 11) is -3.68. The summed E-state index contributed by atoms with van der Waals surface area (Å²) in [4.78, 5) is 12.5. The summed E-state index contributed by atoms with van der Waals surface area (Å²) in [6.07, 6.45) is 5.55. The molecule has 0 saturated heterocycles. The van der Waals surface area contributed by atoms with Gasteiger partial charge in [-0.05, 0) is 61.7 Å². The maximum atomic E-state index is 12.5. The van der Waals surface area contributed by atoms with Crippen LogP contribution in [0.5, 0.6) is 0 Å². The third kappa shape index (κ3) is 4.64. The lowest BCUT2D eigenvalue weighted by Crippen LogP contribution is -2.36. The fraction of sp³-hybridized carbons (Fsp3) is 0.350. The van der Waals surface area contributed by atoms with E-state index in [9.17, 15) is 13.2 Å². The second kappa shape index (κ2) is 7.91. The van der Waals surface area contributed by atoms with E-state index in [4.69, 9.17) is 0 Å². The summed E-state index contributed by atoms with van der Waals surface area (Å²) in [6, 6.07) is 13.4. The van der Waals surface area contributed by atoms with Crippen molar-refractivity contribution in [2.24, 2.45) is 0 Å². The molecule has 1 aliphatic carbocycles. The van der Waals surface area contributed by atoms with Gasteiger partial charge in [-0.2, -0.15) is 0 Å². The van der Waals surface area contributed by atoms with Crippen molar-refractivity contribution >= 4 is 21.6 Å². The Balaban J connectivity index is 1.68. The number of carbonyl (C=O) groups is 1. The van der Waals surface area contributed by atoms with Gasteiger partial charge in [-0.3, -0.25) is 9.52 Å². The van der Waals surface area contributed by atoms with Gasteiger partial charge in [-0.1, -0.05) is 31.4 Å². The number of carbonyl (C=O) groups excluding carboxylic acids is 1. The van der Waals surface area contributed by atoms with Crippen molar-refractivity contribution in [3.8, 4) is 0 Å². The van der Waals surface area contributed by atoms with Crippen molar-refractivity contribution in [1.82, 2.24) is 5.32 Å². The molecule has 0 radical (unpaired) electrons. The molecule has 5 nitrogen and oxygen atoms in total. The topological polar surface area (TPSA) is 75.3 Å². The normalized spacial score (nSPS) is 15.4. The highest BCUT2D eigenvalue weighted by Gasteiger charge is 2.18. The summed E-state index contributed by atoms with van der Waals surface area (Å²) in [6.45, 7) is 1.90. The molecule has 0 aromatic heterocycles. The zero-order valence-electron chi connectivity index (χ0n) is 14.9. The first-order valence-electron chi connectivity index (χ1n) is 8.94. The lowest BCUT2D eigenvalue weighted by atomic mass is 9.95. The van der Waals surface area contributed by atoms with Crippen molar-refractivity contribution in [3.05, 3.63) is 59.7 Å². The Bertz CT molecular complexity index is 870. The number of sulfonamides is 1. The van der Waals surface area contributed by atoms with Crippen LogP contribution >= 0.6 is 0 Å². The van der Waals surface area contributed by atoms with E-state index in [0.29, 0.717) is 11.3 Å². The molecule has 2 aromatic rings. The monoisotopic (exact) mass is 372 g/mol. The molecule has 1 fully saturated rings. The molecule has 0 atom stereocenters. The van der Waals surface area contributed by atoms with Gasteiger partial charge >= 0.3 is 0 Å². The number of anilines is 1. The van der Waals surface area contributed by atoms with Gasteiger partial charge in [0.05, 0.1) is 4.90 Å². The zero-order chi connectivity index (χ0) is 18.6. The molecule has 2 N–H and O–H groups in total.